The van der Waals surface area contributed by atoms with Crippen molar-refractivity contribution in [1.29, 1.82) is 0 Å². The summed E-state index contributed by atoms with van der Waals surface area (Å²) in [6.07, 6.45) is -0.711. The van der Waals surface area contributed by atoms with Crippen molar-refractivity contribution in [3.8, 4) is 0 Å². The van der Waals surface area contributed by atoms with Gasteiger partial charge in [-0.1, -0.05) is 0 Å². The van der Waals surface area contributed by atoms with Gasteiger partial charge in [0, 0.05) is 26.4 Å². The van der Waals surface area contributed by atoms with Gasteiger partial charge in [-0.05, 0) is 27.7 Å². The highest BCUT2D eigenvalue weighted by atomic mass is 28.4. The molecule has 104 valence electrons. The number of primary amides is 1. The molecule has 0 aromatic heterocycles. The minimum atomic E-state index is -2.25. The van der Waals surface area contributed by atoms with Gasteiger partial charge in [0.05, 0.1) is 6.61 Å². The Morgan fingerprint density at radius 3 is 1.41 bits per heavy atom. The molecule has 1 amide bonds. The molecule has 0 heterocycles. The molecule has 0 aromatic carbocycles. The van der Waals surface area contributed by atoms with Crippen LogP contribution < -0.4 is 5.73 Å². The summed E-state index contributed by atoms with van der Waals surface area (Å²) in [6, 6.07) is 0. The first kappa shape index (κ1) is 18.7. The smallest absolute Gasteiger partial charge is 0.450 e. The van der Waals surface area contributed by atoms with E-state index in [9.17, 15) is 4.79 Å². The summed E-state index contributed by atoms with van der Waals surface area (Å²) in [7, 11) is -2.25. The van der Waals surface area contributed by atoms with Crippen molar-refractivity contribution < 1.29 is 22.8 Å². The number of carbonyl (C=O) groups is 1. The number of ether oxygens (including phenoxy) is 1. The highest BCUT2D eigenvalue weighted by Crippen LogP contribution is 2.08. The third-order valence-corrected chi connectivity index (χ3v) is 3.95. The molecular formula is C10H25NO5Si. The second kappa shape index (κ2) is 11.8. The predicted octanol–water partition coefficient (Wildman–Crippen LogP) is 1.77. The van der Waals surface area contributed by atoms with Crippen LogP contribution in [0, 0.1) is 0 Å². The van der Waals surface area contributed by atoms with Crippen molar-refractivity contribution in [3.63, 3.8) is 0 Å². The topological polar surface area (TPSA) is 80.0 Å². The first-order valence-corrected chi connectivity index (χ1v) is 8.02. The van der Waals surface area contributed by atoms with E-state index in [1.54, 1.807) is 6.92 Å². The molecule has 0 bridgehead atoms. The first-order valence-electron chi connectivity index (χ1n) is 5.79. The molecule has 0 atom stereocenters. The summed E-state index contributed by atoms with van der Waals surface area (Å²) in [5.41, 5.74) is 4.54. The zero-order valence-corrected chi connectivity index (χ0v) is 12.4. The summed E-state index contributed by atoms with van der Waals surface area (Å²) in [6.45, 7) is 11.8. The van der Waals surface area contributed by atoms with E-state index in [0.717, 1.165) is 0 Å². The lowest BCUT2D eigenvalue weighted by Crippen LogP contribution is -2.42. The molecule has 0 unspecified atom stereocenters. The van der Waals surface area contributed by atoms with Crippen molar-refractivity contribution in [1.82, 2.24) is 0 Å². The summed E-state index contributed by atoms with van der Waals surface area (Å²) in [5, 5.41) is 0. The maximum Gasteiger partial charge on any atom is 0.497 e. The van der Waals surface area contributed by atoms with Gasteiger partial charge in [-0.2, -0.15) is 0 Å². The van der Waals surface area contributed by atoms with Crippen LogP contribution in [0.1, 0.15) is 27.7 Å². The number of carbonyl (C=O) groups excluding carboxylic acids is 1. The highest BCUT2D eigenvalue weighted by molar-refractivity contribution is 6.59. The van der Waals surface area contributed by atoms with Crippen molar-refractivity contribution in [2.45, 2.75) is 34.2 Å². The number of hydrogen-bond donors (Lipinski definition) is 1. The minimum absolute atomic E-state index is 0.356. The van der Waals surface area contributed by atoms with Crippen molar-refractivity contribution in [3.05, 3.63) is 0 Å². The Hall–Kier alpha value is -0.633. The summed E-state index contributed by atoms with van der Waals surface area (Å²) < 4.78 is 20.4. The third-order valence-electron chi connectivity index (χ3n) is 1.51. The van der Waals surface area contributed by atoms with Gasteiger partial charge in [-0.25, -0.2) is 4.79 Å². The summed E-state index contributed by atoms with van der Waals surface area (Å²) >= 11 is 0. The van der Waals surface area contributed by atoms with Gasteiger partial charge >= 0.3 is 14.9 Å². The zero-order valence-electron chi connectivity index (χ0n) is 11.4. The Labute approximate surface area is 105 Å². The molecule has 0 radical (unpaired) electrons. The third kappa shape index (κ3) is 13.3. The SMILES string of the molecule is CCOC(N)=O.CCO[Si](C)(OCC)OCC. The molecule has 0 fully saturated rings. The van der Waals surface area contributed by atoms with E-state index in [2.05, 4.69) is 10.5 Å². The van der Waals surface area contributed by atoms with E-state index in [4.69, 9.17) is 13.3 Å². The van der Waals surface area contributed by atoms with Gasteiger partial charge in [0.2, 0.25) is 0 Å². The van der Waals surface area contributed by atoms with Crippen molar-refractivity contribution in [2.75, 3.05) is 26.4 Å². The van der Waals surface area contributed by atoms with Crippen LogP contribution in [-0.2, 0) is 18.0 Å². The fourth-order valence-corrected chi connectivity index (χ4v) is 2.88. The fourth-order valence-electron chi connectivity index (χ4n) is 1.05. The van der Waals surface area contributed by atoms with Gasteiger partial charge < -0.3 is 23.7 Å². The Balaban J connectivity index is 0. The molecule has 2 N–H and O–H groups in total. The normalized spacial score (nSPS) is 10.4. The maximum absolute atomic E-state index is 9.60. The molecule has 0 saturated heterocycles. The summed E-state index contributed by atoms with van der Waals surface area (Å²) in [5.74, 6) is 0. The number of nitrogens with two attached hydrogens (primary N) is 1. The van der Waals surface area contributed by atoms with Gasteiger partial charge in [0.25, 0.3) is 0 Å². The average Bonchev–Trinajstić information content (AvgIpc) is 2.19. The zero-order chi connectivity index (χ0) is 13.7. The maximum atomic E-state index is 9.60. The first-order chi connectivity index (χ1) is 7.95. The highest BCUT2D eigenvalue weighted by Gasteiger charge is 2.32. The molecular weight excluding hydrogens is 242 g/mol. The van der Waals surface area contributed by atoms with Crippen LogP contribution in [0.25, 0.3) is 0 Å². The molecule has 17 heavy (non-hydrogen) atoms. The number of amides is 1. The molecule has 0 saturated carbocycles. The molecule has 0 aliphatic heterocycles. The molecule has 0 aliphatic carbocycles. The lowest BCUT2D eigenvalue weighted by atomic mass is 10.9. The van der Waals surface area contributed by atoms with Gasteiger partial charge in [-0.3, -0.25) is 0 Å². The van der Waals surface area contributed by atoms with Crippen molar-refractivity contribution in [2.24, 2.45) is 5.73 Å². The van der Waals surface area contributed by atoms with Gasteiger partial charge in [0.15, 0.2) is 0 Å². The Bertz CT molecular complexity index is 175. The van der Waals surface area contributed by atoms with E-state index in [1.165, 1.54) is 0 Å². The molecule has 0 aromatic rings. The largest absolute Gasteiger partial charge is 0.497 e. The minimum Gasteiger partial charge on any atom is -0.450 e. The lowest BCUT2D eigenvalue weighted by Gasteiger charge is -2.23. The standard InChI is InChI=1S/C7H18O3Si.C3H7NO2/c1-5-8-11(4,9-6-2)10-7-3;1-2-6-3(4)5/h5-7H2,1-4H3;2H2,1H3,(H2,4,5). The van der Waals surface area contributed by atoms with E-state index >= 15 is 0 Å². The monoisotopic (exact) mass is 267 g/mol. The van der Waals surface area contributed by atoms with Crippen molar-refractivity contribution >= 4 is 14.9 Å². The van der Waals surface area contributed by atoms with Crippen LogP contribution in [0.4, 0.5) is 4.79 Å². The van der Waals surface area contributed by atoms with E-state index in [-0.39, 0.29) is 0 Å². The molecule has 0 aliphatic rings. The lowest BCUT2D eigenvalue weighted by molar-refractivity contribution is 0.0783. The number of hydrogen-bond acceptors (Lipinski definition) is 5. The predicted molar refractivity (Wildman–Crippen MR) is 67.7 cm³/mol. The Morgan fingerprint density at radius 2 is 1.29 bits per heavy atom. The molecule has 0 rings (SSSR count). The van der Waals surface area contributed by atoms with E-state index in [0.29, 0.717) is 26.4 Å². The van der Waals surface area contributed by atoms with Crippen LogP contribution in [0.15, 0.2) is 0 Å². The fraction of sp³-hybridized carbons (Fsp3) is 0.900. The van der Waals surface area contributed by atoms with Gasteiger partial charge in [0.1, 0.15) is 0 Å². The van der Waals surface area contributed by atoms with Crippen LogP contribution in [0.5, 0.6) is 0 Å². The summed E-state index contributed by atoms with van der Waals surface area (Å²) in [4.78, 5) is 9.60. The van der Waals surface area contributed by atoms with Gasteiger partial charge in [-0.15, -0.1) is 0 Å². The van der Waals surface area contributed by atoms with Crippen LogP contribution in [-0.4, -0.2) is 41.3 Å². The second-order valence-electron chi connectivity index (χ2n) is 2.91. The number of rotatable bonds is 7. The van der Waals surface area contributed by atoms with Crippen LogP contribution in [0.2, 0.25) is 6.55 Å². The van der Waals surface area contributed by atoms with Crippen LogP contribution >= 0.6 is 0 Å². The Kier molecular flexibility index (Phi) is 13.0. The second-order valence-corrected chi connectivity index (χ2v) is 5.50. The van der Waals surface area contributed by atoms with E-state index < -0.39 is 14.9 Å². The quantitative estimate of drug-likeness (QED) is 0.711. The molecule has 6 nitrogen and oxygen atoms in total. The molecule has 7 heteroatoms. The molecule has 0 spiro atoms. The van der Waals surface area contributed by atoms with Crippen LogP contribution in [0.3, 0.4) is 0 Å². The average molecular weight is 267 g/mol. The van der Waals surface area contributed by atoms with E-state index in [1.807, 2.05) is 27.3 Å². The Morgan fingerprint density at radius 1 is 0.941 bits per heavy atom.